The third kappa shape index (κ3) is 4.94. The molecule has 124 valence electrons. The van der Waals surface area contributed by atoms with Crippen molar-refractivity contribution in [2.24, 2.45) is 0 Å². The summed E-state index contributed by atoms with van der Waals surface area (Å²) in [5.74, 6) is 0.321. The van der Waals surface area contributed by atoms with Crippen LogP contribution in [-0.2, 0) is 0 Å². The third-order valence-corrected chi connectivity index (χ3v) is 3.32. The van der Waals surface area contributed by atoms with Crippen molar-refractivity contribution in [2.75, 3.05) is 30.9 Å². The lowest BCUT2D eigenvalue weighted by Crippen LogP contribution is -2.08. The van der Waals surface area contributed by atoms with Gasteiger partial charge >= 0.3 is 0 Å². The van der Waals surface area contributed by atoms with E-state index in [2.05, 4.69) is 20.6 Å². The number of benzene rings is 1. The molecule has 0 aliphatic carbocycles. The molecule has 1 aromatic carbocycles. The Bertz CT molecular complexity index is 657. The van der Waals surface area contributed by atoms with Gasteiger partial charge in [-0.2, -0.15) is 4.98 Å². The maximum absolute atomic E-state index is 13.8. The Labute approximate surface area is 138 Å². The van der Waals surface area contributed by atoms with Crippen LogP contribution in [0.1, 0.15) is 12.8 Å². The van der Waals surface area contributed by atoms with Crippen molar-refractivity contribution >= 4 is 29.1 Å². The number of unbranched alkanes of at least 4 members (excludes halogenated alkanes) is 1. The lowest BCUT2D eigenvalue weighted by atomic mass is 10.3. The van der Waals surface area contributed by atoms with E-state index in [4.69, 9.17) is 21.4 Å². The van der Waals surface area contributed by atoms with Crippen LogP contribution >= 0.6 is 11.6 Å². The highest BCUT2D eigenvalue weighted by atomic mass is 35.5. The second-order valence-corrected chi connectivity index (χ2v) is 5.13. The number of halogens is 2. The van der Waals surface area contributed by atoms with E-state index in [1.54, 1.807) is 18.2 Å². The topological polar surface area (TPSA) is 79.3 Å². The second-order valence-electron chi connectivity index (χ2n) is 4.72. The fourth-order valence-electron chi connectivity index (χ4n) is 1.86. The molecule has 8 heteroatoms. The highest BCUT2D eigenvalue weighted by molar-refractivity contribution is 6.32. The number of aliphatic hydroxyl groups excluding tert-OH is 1. The molecule has 0 aliphatic heterocycles. The Morgan fingerprint density at radius 3 is 2.87 bits per heavy atom. The van der Waals surface area contributed by atoms with E-state index in [0.717, 1.165) is 12.6 Å². The minimum absolute atomic E-state index is 0.0471. The molecule has 2 rings (SSSR count). The first-order valence-electron chi connectivity index (χ1n) is 7.12. The smallest absolute Gasteiger partial charge is 0.224 e. The van der Waals surface area contributed by atoms with Crippen molar-refractivity contribution in [3.05, 3.63) is 35.2 Å². The molecule has 0 atom stereocenters. The van der Waals surface area contributed by atoms with Gasteiger partial charge in [-0.1, -0.05) is 11.6 Å². The molecule has 0 amide bonds. The van der Waals surface area contributed by atoms with Gasteiger partial charge in [-0.25, -0.2) is 9.37 Å². The number of hydrogen-bond acceptors (Lipinski definition) is 6. The summed E-state index contributed by atoms with van der Waals surface area (Å²) >= 11 is 6.04. The van der Waals surface area contributed by atoms with Gasteiger partial charge in [-0.15, -0.1) is 0 Å². The second kappa shape index (κ2) is 8.50. The Hall–Kier alpha value is -2.12. The number of anilines is 3. The minimum Gasteiger partial charge on any atom is -0.495 e. The number of rotatable bonds is 8. The summed E-state index contributed by atoms with van der Waals surface area (Å²) in [7, 11) is 1.52. The van der Waals surface area contributed by atoms with E-state index in [0.29, 0.717) is 35.4 Å². The van der Waals surface area contributed by atoms with Crippen LogP contribution in [0.5, 0.6) is 5.75 Å². The van der Waals surface area contributed by atoms with Crippen LogP contribution in [-0.4, -0.2) is 35.3 Å². The van der Waals surface area contributed by atoms with Crippen LogP contribution in [0.15, 0.2) is 24.4 Å². The summed E-state index contributed by atoms with van der Waals surface area (Å²) in [6.45, 7) is 0.733. The largest absolute Gasteiger partial charge is 0.495 e. The number of ether oxygens (including phenoxy) is 1. The van der Waals surface area contributed by atoms with E-state index in [1.165, 1.54) is 7.11 Å². The molecule has 2 aromatic rings. The SMILES string of the molecule is COc1ccc(Nc2nc(NCCCCO)ncc2F)cc1Cl. The lowest BCUT2D eigenvalue weighted by Gasteiger charge is -2.10. The van der Waals surface area contributed by atoms with Gasteiger partial charge in [0.25, 0.3) is 0 Å². The molecular weight excluding hydrogens is 323 g/mol. The predicted molar refractivity (Wildman–Crippen MR) is 88.1 cm³/mol. The van der Waals surface area contributed by atoms with E-state index < -0.39 is 5.82 Å². The average Bonchev–Trinajstić information content (AvgIpc) is 2.55. The van der Waals surface area contributed by atoms with Gasteiger partial charge in [0, 0.05) is 18.8 Å². The van der Waals surface area contributed by atoms with E-state index in [9.17, 15) is 4.39 Å². The Morgan fingerprint density at radius 2 is 2.17 bits per heavy atom. The van der Waals surface area contributed by atoms with Gasteiger partial charge in [0.2, 0.25) is 5.95 Å². The molecule has 0 unspecified atom stereocenters. The van der Waals surface area contributed by atoms with Gasteiger partial charge in [-0.05, 0) is 31.0 Å². The van der Waals surface area contributed by atoms with E-state index >= 15 is 0 Å². The number of methoxy groups -OCH3 is 1. The third-order valence-electron chi connectivity index (χ3n) is 3.03. The molecule has 0 saturated heterocycles. The van der Waals surface area contributed by atoms with Crippen LogP contribution in [0.3, 0.4) is 0 Å². The molecule has 0 radical (unpaired) electrons. The number of aromatic nitrogens is 2. The molecular formula is C15H18ClFN4O2. The molecule has 3 N–H and O–H groups in total. The van der Waals surface area contributed by atoms with Crippen LogP contribution in [0.4, 0.5) is 21.8 Å². The van der Waals surface area contributed by atoms with Crippen molar-refractivity contribution in [1.82, 2.24) is 9.97 Å². The van der Waals surface area contributed by atoms with Gasteiger partial charge in [-0.3, -0.25) is 0 Å². The molecule has 0 saturated carbocycles. The zero-order chi connectivity index (χ0) is 16.7. The monoisotopic (exact) mass is 340 g/mol. The molecule has 0 aliphatic rings. The molecule has 6 nitrogen and oxygen atoms in total. The van der Waals surface area contributed by atoms with Crippen molar-refractivity contribution in [1.29, 1.82) is 0 Å². The highest BCUT2D eigenvalue weighted by Crippen LogP contribution is 2.29. The summed E-state index contributed by atoms with van der Waals surface area (Å²) in [5.41, 5.74) is 0.583. The van der Waals surface area contributed by atoms with Crippen molar-refractivity contribution in [3.8, 4) is 5.75 Å². The summed E-state index contributed by atoms with van der Waals surface area (Å²) in [6, 6.07) is 5.01. The molecule has 23 heavy (non-hydrogen) atoms. The fraction of sp³-hybridized carbons (Fsp3) is 0.333. The van der Waals surface area contributed by atoms with Crippen LogP contribution < -0.4 is 15.4 Å². The Kier molecular flexibility index (Phi) is 6.37. The van der Waals surface area contributed by atoms with Gasteiger partial charge in [0.05, 0.1) is 18.3 Å². The Balaban J connectivity index is 2.08. The van der Waals surface area contributed by atoms with Crippen LogP contribution in [0, 0.1) is 5.82 Å². The number of aliphatic hydroxyl groups is 1. The summed E-state index contributed by atoms with van der Waals surface area (Å²) in [5, 5.41) is 15.0. The van der Waals surface area contributed by atoms with Crippen molar-refractivity contribution in [2.45, 2.75) is 12.8 Å². The van der Waals surface area contributed by atoms with Gasteiger partial charge in [0.1, 0.15) is 5.75 Å². The maximum atomic E-state index is 13.8. The van der Waals surface area contributed by atoms with Gasteiger partial charge < -0.3 is 20.5 Å². The zero-order valence-corrected chi connectivity index (χ0v) is 13.4. The van der Waals surface area contributed by atoms with E-state index in [1.807, 2.05) is 0 Å². The summed E-state index contributed by atoms with van der Waals surface area (Å²) < 4.78 is 18.9. The first-order chi connectivity index (χ1) is 11.1. The van der Waals surface area contributed by atoms with Crippen molar-refractivity contribution in [3.63, 3.8) is 0 Å². The molecule has 0 spiro atoms. The van der Waals surface area contributed by atoms with Crippen molar-refractivity contribution < 1.29 is 14.2 Å². The lowest BCUT2D eigenvalue weighted by molar-refractivity contribution is 0.286. The molecule has 0 fully saturated rings. The standard InChI is InChI=1S/C15H18ClFN4O2/c1-23-13-5-4-10(8-11(13)16)20-14-12(17)9-19-15(21-14)18-6-2-3-7-22/h4-5,8-9,22H,2-3,6-7H2,1H3,(H2,18,19,20,21). The highest BCUT2D eigenvalue weighted by Gasteiger charge is 2.09. The van der Waals surface area contributed by atoms with Crippen LogP contribution in [0.2, 0.25) is 5.02 Å². The molecule has 0 bridgehead atoms. The summed E-state index contributed by atoms with van der Waals surface area (Å²) in [4.78, 5) is 7.97. The van der Waals surface area contributed by atoms with Gasteiger partial charge in [0.15, 0.2) is 11.6 Å². The predicted octanol–water partition coefficient (Wildman–Crippen LogP) is 3.21. The zero-order valence-electron chi connectivity index (χ0n) is 12.6. The molecule has 1 heterocycles. The van der Waals surface area contributed by atoms with E-state index in [-0.39, 0.29) is 12.4 Å². The first kappa shape index (κ1) is 17.2. The van der Waals surface area contributed by atoms with Crippen LogP contribution in [0.25, 0.3) is 0 Å². The maximum Gasteiger partial charge on any atom is 0.224 e. The fourth-order valence-corrected chi connectivity index (χ4v) is 2.12. The average molecular weight is 341 g/mol. The Morgan fingerprint density at radius 1 is 1.35 bits per heavy atom. The molecule has 1 aromatic heterocycles. The first-order valence-corrected chi connectivity index (χ1v) is 7.49. The normalized spacial score (nSPS) is 10.4. The number of hydrogen-bond donors (Lipinski definition) is 3. The summed E-state index contributed by atoms with van der Waals surface area (Å²) in [6.07, 6.45) is 2.55. The number of nitrogens with one attached hydrogen (secondary N) is 2. The quantitative estimate of drug-likeness (QED) is 0.640. The minimum atomic E-state index is -0.571. The number of nitrogens with zero attached hydrogens (tertiary/aromatic N) is 2.